The Balaban J connectivity index is 1.55. The van der Waals surface area contributed by atoms with Crippen LogP contribution >= 0.6 is 0 Å². The maximum absolute atomic E-state index is 7.60. The number of H-pyrrole nitrogens is 2. The maximum atomic E-state index is 7.60. The summed E-state index contributed by atoms with van der Waals surface area (Å²) in [6.07, 6.45) is 0. The van der Waals surface area contributed by atoms with E-state index in [2.05, 4.69) is 19.9 Å². The van der Waals surface area contributed by atoms with Gasteiger partial charge in [-0.2, -0.15) is 0 Å². The minimum absolute atomic E-state index is 0.0212. The molecule has 8 heteroatoms. The second-order valence-corrected chi connectivity index (χ2v) is 7.04. The van der Waals surface area contributed by atoms with Crippen LogP contribution in [0.5, 0.6) is 0 Å². The van der Waals surface area contributed by atoms with Crippen molar-refractivity contribution in [1.82, 2.24) is 19.9 Å². The lowest BCUT2D eigenvalue weighted by Gasteiger charge is -2.00. The van der Waals surface area contributed by atoms with Gasteiger partial charge in [-0.05, 0) is 42.5 Å². The Kier molecular flexibility index (Phi) is 3.85. The molecule has 0 saturated heterocycles. The van der Waals surface area contributed by atoms with E-state index in [4.69, 9.17) is 22.3 Å². The van der Waals surface area contributed by atoms with Gasteiger partial charge in [-0.1, -0.05) is 18.2 Å². The highest BCUT2D eigenvalue weighted by atomic mass is 14.9. The average molecular weight is 394 g/mol. The molecule has 2 heterocycles. The molecule has 0 saturated carbocycles. The van der Waals surface area contributed by atoms with Crippen molar-refractivity contribution in [2.75, 3.05) is 0 Å². The normalized spacial score (nSPS) is 11.2. The molecule has 30 heavy (non-hydrogen) atoms. The van der Waals surface area contributed by atoms with Crippen molar-refractivity contribution in [3.63, 3.8) is 0 Å². The molecule has 0 aliphatic heterocycles. The highest BCUT2D eigenvalue weighted by molar-refractivity contribution is 5.99. The Morgan fingerprint density at radius 2 is 1.13 bits per heavy atom. The summed E-state index contributed by atoms with van der Waals surface area (Å²) in [5.74, 6) is 1.49. The Labute approximate surface area is 171 Å². The summed E-state index contributed by atoms with van der Waals surface area (Å²) in [4.78, 5) is 15.9. The van der Waals surface area contributed by atoms with Gasteiger partial charge in [0.25, 0.3) is 0 Å². The lowest BCUT2D eigenvalue weighted by atomic mass is 10.1. The van der Waals surface area contributed by atoms with Gasteiger partial charge in [0.1, 0.15) is 23.3 Å². The third-order valence-electron chi connectivity index (χ3n) is 5.00. The zero-order chi connectivity index (χ0) is 20.8. The van der Waals surface area contributed by atoms with Crippen LogP contribution in [0.15, 0.2) is 60.7 Å². The SMILES string of the molecule is N=C(N)c1ccc2nc(-c3cccc(-c4nc5ccc(C(=N)N)cc5[nH]4)c3)[nH]c2c1. The highest BCUT2D eigenvalue weighted by Gasteiger charge is 2.11. The first-order valence-electron chi connectivity index (χ1n) is 9.27. The molecule has 146 valence electrons. The molecule has 8 nitrogen and oxygen atoms in total. The number of aromatic nitrogens is 4. The molecule has 0 aliphatic rings. The number of imidazole rings is 2. The van der Waals surface area contributed by atoms with E-state index < -0.39 is 0 Å². The number of nitrogen functional groups attached to an aromatic ring is 2. The van der Waals surface area contributed by atoms with Crippen LogP contribution in [0.2, 0.25) is 0 Å². The van der Waals surface area contributed by atoms with Crippen LogP contribution < -0.4 is 11.5 Å². The second kappa shape index (κ2) is 6.56. The van der Waals surface area contributed by atoms with E-state index in [0.29, 0.717) is 11.1 Å². The van der Waals surface area contributed by atoms with Crippen molar-refractivity contribution in [3.8, 4) is 22.8 Å². The smallest absolute Gasteiger partial charge is 0.138 e. The van der Waals surface area contributed by atoms with Crippen LogP contribution in [0.4, 0.5) is 0 Å². The van der Waals surface area contributed by atoms with Crippen LogP contribution in [0.1, 0.15) is 11.1 Å². The quantitative estimate of drug-likeness (QED) is 0.204. The van der Waals surface area contributed by atoms with Gasteiger partial charge in [0, 0.05) is 22.3 Å². The molecule has 0 spiro atoms. The molecule has 0 amide bonds. The van der Waals surface area contributed by atoms with Crippen LogP contribution in [-0.4, -0.2) is 31.6 Å². The van der Waals surface area contributed by atoms with Gasteiger partial charge in [0.05, 0.1) is 22.1 Å². The van der Waals surface area contributed by atoms with E-state index in [1.165, 1.54) is 0 Å². The number of aromatic amines is 2. The number of nitrogens with zero attached hydrogens (tertiary/aromatic N) is 2. The van der Waals surface area contributed by atoms with Crippen LogP contribution in [-0.2, 0) is 0 Å². The molecule has 0 unspecified atom stereocenters. The fraction of sp³-hybridized carbons (Fsp3) is 0. The number of hydrogen-bond donors (Lipinski definition) is 6. The number of benzene rings is 3. The number of amidine groups is 2. The summed E-state index contributed by atoms with van der Waals surface area (Å²) < 4.78 is 0. The first-order chi connectivity index (χ1) is 14.5. The summed E-state index contributed by atoms with van der Waals surface area (Å²) in [7, 11) is 0. The molecule has 0 atom stereocenters. The van der Waals surface area contributed by atoms with Crippen molar-refractivity contribution in [3.05, 3.63) is 71.8 Å². The van der Waals surface area contributed by atoms with Crippen molar-refractivity contribution >= 4 is 33.7 Å². The monoisotopic (exact) mass is 394 g/mol. The summed E-state index contributed by atoms with van der Waals surface area (Å²) in [6, 6.07) is 18.8. The first kappa shape index (κ1) is 17.6. The summed E-state index contributed by atoms with van der Waals surface area (Å²) in [5.41, 5.74) is 17.6. The molecule has 0 fully saturated rings. The second-order valence-electron chi connectivity index (χ2n) is 7.04. The fourth-order valence-electron chi connectivity index (χ4n) is 3.44. The van der Waals surface area contributed by atoms with Gasteiger partial charge in [-0.3, -0.25) is 10.8 Å². The minimum atomic E-state index is 0.0212. The fourth-order valence-corrected chi connectivity index (χ4v) is 3.44. The van der Waals surface area contributed by atoms with Gasteiger partial charge in [-0.25, -0.2) is 9.97 Å². The summed E-state index contributed by atoms with van der Waals surface area (Å²) >= 11 is 0. The third kappa shape index (κ3) is 2.96. The molecular formula is C22H18N8. The van der Waals surface area contributed by atoms with Gasteiger partial charge >= 0.3 is 0 Å². The highest BCUT2D eigenvalue weighted by Crippen LogP contribution is 2.27. The Bertz CT molecular complexity index is 1350. The molecule has 2 aromatic heterocycles. The number of nitrogens with two attached hydrogens (primary N) is 2. The molecule has 5 aromatic rings. The van der Waals surface area contributed by atoms with E-state index >= 15 is 0 Å². The average Bonchev–Trinajstić information content (AvgIpc) is 3.36. The van der Waals surface area contributed by atoms with Gasteiger partial charge < -0.3 is 21.4 Å². The standard InChI is InChI=1S/C22H18N8/c23-19(24)11-4-6-15-17(9-11)29-21(27-15)13-2-1-3-14(8-13)22-28-16-7-5-12(20(25)26)10-18(16)30-22/h1-10H,(H3,23,24)(H3,25,26)(H,27,29)(H,28,30). The number of rotatable bonds is 4. The number of nitrogens with one attached hydrogen (secondary N) is 4. The molecule has 0 bridgehead atoms. The van der Waals surface area contributed by atoms with Gasteiger partial charge in [0.2, 0.25) is 0 Å². The summed E-state index contributed by atoms with van der Waals surface area (Å²) in [5, 5.41) is 15.2. The van der Waals surface area contributed by atoms with E-state index in [0.717, 1.165) is 44.8 Å². The predicted molar refractivity (Wildman–Crippen MR) is 119 cm³/mol. The lowest BCUT2D eigenvalue weighted by molar-refractivity contribution is 1.31. The topological polar surface area (TPSA) is 157 Å². The van der Waals surface area contributed by atoms with Crippen LogP contribution in [0.25, 0.3) is 44.8 Å². The molecule has 5 rings (SSSR count). The van der Waals surface area contributed by atoms with Crippen molar-refractivity contribution in [2.45, 2.75) is 0 Å². The molecule has 3 aromatic carbocycles. The van der Waals surface area contributed by atoms with Gasteiger partial charge in [0.15, 0.2) is 0 Å². The van der Waals surface area contributed by atoms with Crippen LogP contribution in [0, 0.1) is 10.8 Å². The van der Waals surface area contributed by atoms with E-state index in [-0.39, 0.29) is 11.7 Å². The molecular weight excluding hydrogens is 376 g/mol. The third-order valence-corrected chi connectivity index (χ3v) is 5.00. The molecule has 0 aliphatic carbocycles. The predicted octanol–water partition coefficient (Wildman–Crippen LogP) is 3.34. The zero-order valence-corrected chi connectivity index (χ0v) is 15.8. The zero-order valence-electron chi connectivity index (χ0n) is 15.8. The number of hydrogen-bond acceptors (Lipinski definition) is 4. The van der Waals surface area contributed by atoms with Crippen LogP contribution in [0.3, 0.4) is 0 Å². The maximum Gasteiger partial charge on any atom is 0.138 e. The largest absolute Gasteiger partial charge is 0.384 e. The Morgan fingerprint density at radius 3 is 1.57 bits per heavy atom. The van der Waals surface area contributed by atoms with Crippen molar-refractivity contribution in [1.29, 1.82) is 10.8 Å². The Hall–Kier alpha value is -4.46. The summed E-state index contributed by atoms with van der Waals surface area (Å²) in [6.45, 7) is 0. The van der Waals surface area contributed by atoms with Crippen molar-refractivity contribution < 1.29 is 0 Å². The Morgan fingerprint density at radius 1 is 0.667 bits per heavy atom. The van der Waals surface area contributed by atoms with Gasteiger partial charge in [-0.15, -0.1) is 0 Å². The van der Waals surface area contributed by atoms with E-state index in [9.17, 15) is 0 Å². The van der Waals surface area contributed by atoms with E-state index in [1.807, 2.05) is 48.5 Å². The van der Waals surface area contributed by atoms with Crippen molar-refractivity contribution in [2.24, 2.45) is 11.5 Å². The number of fused-ring (bicyclic) bond motifs is 2. The molecule has 0 radical (unpaired) electrons. The lowest BCUT2D eigenvalue weighted by Crippen LogP contribution is -2.10. The minimum Gasteiger partial charge on any atom is -0.384 e. The molecule has 8 N–H and O–H groups in total. The first-order valence-corrected chi connectivity index (χ1v) is 9.27. The van der Waals surface area contributed by atoms with E-state index in [1.54, 1.807) is 12.1 Å².